The van der Waals surface area contributed by atoms with Gasteiger partial charge in [-0.05, 0) is 60.9 Å². The van der Waals surface area contributed by atoms with Crippen molar-refractivity contribution in [3.8, 4) is 0 Å². The average molecular weight is 463 g/mol. The minimum absolute atomic E-state index is 0.105. The van der Waals surface area contributed by atoms with E-state index in [1.807, 2.05) is 39.0 Å². The Hall–Kier alpha value is -3.51. The molecule has 6 heteroatoms. The number of amides is 2. The van der Waals surface area contributed by atoms with Gasteiger partial charge in [0.25, 0.3) is 11.8 Å². The number of carbonyl (C=O) groups is 2. The molecule has 0 saturated carbocycles. The second-order valence-corrected chi connectivity index (χ2v) is 8.52. The topological polar surface area (TPSA) is 60.9 Å². The second kappa shape index (κ2) is 11.1. The number of hydrogen-bond donors (Lipinski definition) is 1. The molecule has 1 N–H and O–H groups in total. The van der Waals surface area contributed by atoms with Gasteiger partial charge >= 0.3 is 0 Å². The van der Waals surface area contributed by atoms with Gasteiger partial charge in [-0.25, -0.2) is 0 Å². The molecule has 2 amide bonds. The molecule has 5 nitrogen and oxygen atoms in total. The van der Waals surface area contributed by atoms with E-state index in [9.17, 15) is 19.1 Å². The largest absolute Gasteiger partial charge is 0.395 e. The third-order valence-corrected chi connectivity index (χ3v) is 5.95. The number of halogens is 1. The zero-order chi connectivity index (χ0) is 24.8. The molecule has 0 spiro atoms. The second-order valence-electron chi connectivity index (χ2n) is 8.52. The summed E-state index contributed by atoms with van der Waals surface area (Å²) in [5.74, 6) is -0.684. The fourth-order valence-electron chi connectivity index (χ4n) is 4.18. The van der Waals surface area contributed by atoms with Gasteiger partial charge in [0.2, 0.25) is 0 Å². The smallest absolute Gasteiger partial charge is 0.258 e. The highest BCUT2D eigenvalue weighted by Crippen LogP contribution is 2.30. The van der Waals surface area contributed by atoms with E-state index in [0.29, 0.717) is 16.8 Å². The first-order valence-electron chi connectivity index (χ1n) is 11.3. The maximum absolute atomic E-state index is 13.4. The lowest BCUT2D eigenvalue weighted by Crippen LogP contribution is -2.34. The van der Waals surface area contributed by atoms with Crippen molar-refractivity contribution in [2.45, 2.75) is 26.7 Å². The van der Waals surface area contributed by atoms with E-state index >= 15 is 0 Å². The lowest BCUT2D eigenvalue weighted by Gasteiger charge is -2.25. The Kier molecular flexibility index (Phi) is 8.18. The van der Waals surface area contributed by atoms with Gasteiger partial charge in [0.05, 0.1) is 13.3 Å². The van der Waals surface area contributed by atoms with Crippen LogP contribution in [0.1, 0.15) is 50.2 Å². The van der Waals surface area contributed by atoms with E-state index in [2.05, 4.69) is 0 Å². The Labute approximate surface area is 200 Å². The molecule has 0 fully saturated rings. The minimum atomic E-state index is -0.439. The highest BCUT2D eigenvalue weighted by atomic mass is 19.1. The molecule has 3 rings (SSSR count). The normalized spacial score (nSPS) is 11.7. The predicted molar refractivity (Wildman–Crippen MR) is 135 cm³/mol. The maximum atomic E-state index is 13.4. The van der Waals surface area contributed by atoms with E-state index in [4.69, 9.17) is 0 Å². The number of nitrogens with zero attached hydrogens (tertiary/aromatic N) is 2. The number of anilines is 2. The summed E-state index contributed by atoms with van der Waals surface area (Å²) in [6, 6.07) is 19.5. The van der Waals surface area contributed by atoms with Gasteiger partial charge in [-0.15, -0.1) is 0 Å². The number of carbonyl (C=O) groups excluding carboxylic acids is 2. The first-order chi connectivity index (χ1) is 16.3. The van der Waals surface area contributed by atoms with Gasteiger partial charge in [0.15, 0.2) is 0 Å². The molecule has 0 aliphatic heterocycles. The van der Waals surface area contributed by atoms with Crippen molar-refractivity contribution in [2.75, 3.05) is 36.7 Å². The van der Waals surface area contributed by atoms with Gasteiger partial charge < -0.3 is 14.9 Å². The summed E-state index contributed by atoms with van der Waals surface area (Å²) in [4.78, 5) is 29.5. The van der Waals surface area contributed by atoms with E-state index in [1.165, 1.54) is 4.90 Å². The van der Waals surface area contributed by atoms with Crippen LogP contribution >= 0.6 is 0 Å². The Bertz CT molecular complexity index is 1140. The van der Waals surface area contributed by atoms with Gasteiger partial charge in [-0.2, -0.15) is 0 Å². The van der Waals surface area contributed by atoms with Crippen LogP contribution in [0.4, 0.5) is 15.8 Å². The number of rotatable bonds is 8. The summed E-state index contributed by atoms with van der Waals surface area (Å²) >= 11 is 0. The molecule has 1 atom stereocenters. The molecule has 1 unspecified atom stereocenters. The molecule has 0 aromatic heterocycles. The number of hydrogen-bond acceptors (Lipinski definition) is 3. The van der Waals surface area contributed by atoms with Crippen LogP contribution in [0.2, 0.25) is 0 Å². The molecular weight excluding hydrogens is 431 g/mol. The molecule has 0 aliphatic carbocycles. The van der Waals surface area contributed by atoms with E-state index in [0.717, 1.165) is 22.4 Å². The van der Waals surface area contributed by atoms with Crippen molar-refractivity contribution in [2.24, 2.45) is 0 Å². The molecule has 178 valence electrons. The Morgan fingerprint density at radius 1 is 0.912 bits per heavy atom. The Morgan fingerprint density at radius 2 is 1.53 bits per heavy atom. The van der Waals surface area contributed by atoms with E-state index < -0.39 is 6.67 Å². The summed E-state index contributed by atoms with van der Waals surface area (Å²) in [5, 5.41) is 9.56. The quantitative estimate of drug-likeness (QED) is 0.495. The summed E-state index contributed by atoms with van der Waals surface area (Å²) in [5.41, 5.74) is 4.91. The highest BCUT2D eigenvalue weighted by molar-refractivity contribution is 6.09. The van der Waals surface area contributed by atoms with Crippen LogP contribution < -0.4 is 9.80 Å². The summed E-state index contributed by atoms with van der Waals surface area (Å²) in [6.45, 7) is 5.12. The van der Waals surface area contributed by atoms with Crippen LogP contribution in [0, 0.1) is 13.8 Å². The average Bonchev–Trinajstić information content (AvgIpc) is 2.85. The van der Waals surface area contributed by atoms with Crippen LogP contribution in [0.15, 0.2) is 66.7 Å². The number of aliphatic hydroxyl groups is 1. The zero-order valence-electron chi connectivity index (χ0n) is 20.1. The highest BCUT2D eigenvalue weighted by Gasteiger charge is 2.22. The molecule has 3 aromatic rings. The third-order valence-electron chi connectivity index (χ3n) is 5.95. The molecule has 0 aliphatic rings. The van der Waals surface area contributed by atoms with Gasteiger partial charge in [-0.3, -0.25) is 14.0 Å². The minimum Gasteiger partial charge on any atom is -0.395 e. The molecule has 0 radical (unpaired) electrons. The molecule has 3 aromatic carbocycles. The van der Waals surface area contributed by atoms with Crippen molar-refractivity contribution in [3.63, 3.8) is 0 Å². The fraction of sp³-hybridized carbons (Fsp3) is 0.286. The van der Waals surface area contributed by atoms with Crippen molar-refractivity contribution in [3.05, 3.63) is 94.5 Å². The Morgan fingerprint density at radius 3 is 2.12 bits per heavy atom. The summed E-state index contributed by atoms with van der Waals surface area (Å²) in [7, 11) is 1.71. The monoisotopic (exact) mass is 462 g/mol. The predicted octanol–water partition coefficient (Wildman–Crippen LogP) is 5.29. The third kappa shape index (κ3) is 5.34. The lowest BCUT2D eigenvalue weighted by molar-refractivity contribution is 0.0975. The number of aliphatic hydroxyl groups excluding tert-OH is 1. The van der Waals surface area contributed by atoms with Crippen molar-refractivity contribution in [1.29, 1.82) is 0 Å². The zero-order valence-corrected chi connectivity index (χ0v) is 20.1. The molecule has 0 saturated heterocycles. The molecule has 0 heterocycles. The molecule has 34 heavy (non-hydrogen) atoms. The van der Waals surface area contributed by atoms with Crippen molar-refractivity contribution < 1.29 is 19.1 Å². The van der Waals surface area contributed by atoms with Crippen LogP contribution in [0.25, 0.3) is 0 Å². The van der Waals surface area contributed by atoms with Crippen LogP contribution in [0.3, 0.4) is 0 Å². The number of benzene rings is 3. The maximum Gasteiger partial charge on any atom is 0.258 e. The SMILES string of the molecule is Cc1cc(C(C)CF)cc(C)c1N(C)C(=O)c1cccc(N(CCO)C(=O)c2ccccc2)c1. The molecular formula is C28H31FN2O3. The fourth-order valence-corrected chi connectivity index (χ4v) is 4.18. The number of aryl methyl sites for hydroxylation is 2. The first-order valence-corrected chi connectivity index (χ1v) is 11.3. The van der Waals surface area contributed by atoms with Crippen molar-refractivity contribution in [1.82, 2.24) is 0 Å². The van der Waals surface area contributed by atoms with Crippen molar-refractivity contribution >= 4 is 23.2 Å². The summed E-state index contributed by atoms with van der Waals surface area (Å²) in [6.07, 6.45) is 0. The lowest BCUT2D eigenvalue weighted by atomic mass is 9.96. The van der Waals surface area contributed by atoms with E-state index in [1.54, 1.807) is 60.5 Å². The standard InChI is InChI=1S/C28H31FN2O3/c1-19-15-24(21(3)18-29)16-20(2)26(19)30(4)27(33)23-11-8-12-25(17-23)31(13-14-32)28(34)22-9-6-5-7-10-22/h5-12,15-17,21,32H,13-14,18H2,1-4H3. The van der Waals surface area contributed by atoms with Crippen LogP contribution in [-0.4, -0.2) is 43.8 Å². The first kappa shape index (κ1) is 25.1. The van der Waals surface area contributed by atoms with Gasteiger partial charge in [0.1, 0.15) is 0 Å². The Balaban J connectivity index is 1.93. The van der Waals surface area contributed by atoms with E-state index in [-0.39, 0.29) is 30.9 Å². The van der Waals surface area contributed by atoms with Crippen LogP contribution in [0.5, 0.6) is 0 Å². The summed E-state index contributed by atoms with van der Waals surface area (Å²) < 4.78 is 13.2. The molecule has 0 bridgehead atoms. The number of alkyl halides is 1. The van der Waals surface area contributed by atoms with Crippen LogP contribution in [-0.2, 0) is 0 Å². The van der Waals surface area contributed by atoms with Gasteiger partial charge in [0, 0.05) is 42.0 Å². The van der Waals surface area contributed by atoms with Gasteiger partial charge in [-0.1, -0.05) is 43.3 Å².